The van der Waals surface area contributed by atoms with E-state index in [1.807, 2.05) is 6.07 Å². The van der Waals surface area contributed by atoms with E-state index in [1.54, 1.807) is 23.9 Å². The Kier molecular flexibility index (Phi) is 6.25. The van der Waals surface area contributed by atoms with Crippen LogP contribution in [0.2, 0.25) is 0 Å². The second kappa shape index (κ2) is 9.14. The van der Waals surface area contributed by atoms with Gasteiger partial charge in [0.1, 0.15) is 23.9 Å². The number of carbonyl (C=O) groups is 1. The molecule has 1 atom stereocenters. The molecule has 3 aromatic rings. The predicted octanol–water partition coefficient (Wildman–Crippen LogP) is 3.07. The maximum atomic E-state index is 13.8. The third-order valence-corrected chi connectivity index (χ3v) is 5.35. The van der Waals surface area contributed by atoms with E-state index < -0.39 is 23.7 Å². The summed E-state index contributed by atoms with van der Waals surface area (Å²) in [5.74, 6) is -0.791. The predicted molar refractivity (Wildman–Crippen MR) is 111 cm³/mol. The van der Waals surface area contributed by atoms with Crippen LogP contribution in [0.4, 0.5) is 18.0 Å². The number of fused-ring (bicyclic) bond motifs is 1. The normalized spacial score (nSPS) is 16.1. The summed E-state index contributed by atoms with van der Waals surface area (Å²) in [4.78, 5) is 24.2. The SMILES string of the molecule is Cn1ccc2c(-c3cnc(OCCO[C@@H]4CCN(C(=O)O)C4)c(C(F)(F)F)c3)nc(C#N)nc21. The molecule has 4 rings (SSSR count). The van der Waals surface area contributed by atoms with Crippen molar-refractivity contribution >= 4 is 17.1 Å². The van der Waals surface area contributed by atoms with Crippen LogP contribution in [-0.4, -0.2) is 68.0 Å². The third kappa shape index (κ3) is 4.72. The average Bonchev–Trinajstić information content (AvgIpc) is 3.43. The minimum Gasteiger partial charge on any atom is -0.475 e. The number of hydrogen-bond acceptors (Lipinski definition) is 7. The van der Waals surface area contributed by atoms with Crippen molar-refractivity contribution in [1.82, 2.24) is 24.4 Å². The van der Waals surface area contributed by atoms with E-state index >= 15 is 0 Å². The third-order valence-electron chi connectivity index (χ3n) is 5.35. The second-order valence-electron chi connectivity index (χ2n) is 7.60. The molecule has 0 radical (unpaired) electrons. The van der Waals surface area contributed by atoms with Crippen molar-refractivity contribution in [3.8, 4) is 23.2 Å². The molecule has 1 aliphatic heterocycles. The van der Waals surface area contributed by atoms with Crippen molar-refractivity contribution in [1.29, 1.82) is 5.26 Å². The fourth-order valence-electron chi connectivity index (χ4n) is 3.70. The Bertz CT molecular complexity index is 1270. The van der Waals surface area contributed by atoms with E-state index in [2.05, 4.69) is 15.0 Å². The molecule has 1 N–H and O–H groups in total. The molecule has 1 aliphatic rings. The van der Waals surface area contributed by atoms with Crippen LogP contribution in [0, 0.1) is 11.3 Å². The van der Waals surface area contributed by atoms with Crippen LogP contribution in [0.15, 0.2) is 24.5 Å². The first kappa shape index (κ1) is 23.2. The molecule has 0 aliphatic carbocycles. The van der Waals surface area contributed by atoms with Gasteiger partial charge in [-0.2, -0.15) is 18.4 Å². The molecule has 1 fully saturated rings. The number of halogens is 3. The van der Waals surface area contributed by atoms with E-state index in [4.69, 9.17) is 14.6 Å². The molecule has 1 amide bonds. The summed E-state index contributed by atoms with van der Waals surface area (Å²) in [6, 6.07) is 4.34. The largest absolute Gasteiger partial charge is 0.475 e. The quantitative estimate of drug-likeness (QED) is 0.538. The number of likely N-dealkylation sites (tertiary alicyclic amines) is 1. The molecule has 0 unspecified atom stereocenters. The number of alkyl halides is 3. The Labute approximate surface area is 191 Å². The van der Waals surface area contributed by atoms with Gasteiger partial charge in [-0.15, -0.1) is 0 Å². The Morgan fingerprint density at radius 3 is 2.82 bits per heavy atom. The lowest BCUT2D eigenvalue weighted by Gasteiger charge is -2.16. The first-order valence-corrected chi connectivity index (χ1v) is 10.2. The number of nitriles is 1. The van der Waals surface area contributed by atoms with Gasteiger partial charge in [-0.3, -0.25) is 0 Å². The molecule has 3 aromatic heterocycles. The minimum atomic E-state index is -4.76. The fraction of sp³-hybridized carbons (Fsp3) is 0.381. The van der Waals surface area contributed by atoms with Gasteiger partial charge in [-0.25, -0.2) is 19.7 Å². The zero-order valence-electron chi connectivity index (χ0n) is 17.9. The van der Waals surface area contributed by atoms with Crippen LogP contribution >= 0.6 is 0 Å². The van der Waals surface area contributed by atoms with E-state index in [1.165, 1.54) is 11.1 Å². The lowest BCUT2D eigenvalue weighted by molar-refractivity contribution is -0.139. The summed E-state index contributed by atoms with van der Waals surface area (Å²) in [5.41, 5.74) is -0.477. The summed E-state index contributed by atoms with van der Waals surface area (Å²) < 4.78 is 53.7. The molecular formula is C21H19F3N6O4. The van der Waals surface area contributed by atoms with Crippen LogP contribution in [0.1, 0.15) is 17.8 Å². The summed E-state index contributed by atoms with van der Waals surface area (Å²) in [6.45, 7) is 0.315. The molecule has 0 spiro atoms. The first-order chi connectivity index (χ1) is 16.2. The zero-order valence-corrected chi connectivity index (χ0v) is 17.9. The topological polar surface area (TPSA) is 126 Å². The molecule has 1 saturated heterocycles. The molecule has 4 heterocycles. The molecule has 0 aromatic carbocycles. The molecule has 13 heteroatoms. The van der Waals surface area contributed by atoms with Crippen molar-refractivity contribution in [2.75, 3.05) is 26.3 Å². The summed E-state index contributed by atoms with van der Waals surface area (Å²) >= 11 is 0. The van der Waals surface area contributed by atoms with Crippen LogP contribution in [0.3, 0.4) is 0 Å². The lowest BCUT2D eigenvalue weighted by atomic mass is 10.1. The number of carboxylic acid groups (broad SMARTS) is 1. The molecular weight excluding hydrogens is 457 g/mol. The molecule has 178 valence electrons. The van der Waals surface area contributed by atoms with Gasteiger partial charge >= 0.3 is 12.3 Å². The maximum absolute atomic E-state index is 13.8. The number of aromatic nitrogens is 4. The number of rotatable bonds is 6. The van der Waals surface area contributed by atoms with Gasteiger partial charge in [0.25, 0.3) is 0 Å². The highest BCUT2D eigenvalue weighted by molar-refractivity contribution is 5.91. The smallest absolute Gasteiger partial charge is 0.421 e. The molecule has 34 heavy (non-hydrogen) atoms. The van der Waals surface area contributed by atoms with Gasteiger partial charge in [-0.1, -0.05) is 0 Å². The van der Waals surface area contributed by atoms with Gasteiger partial charge in [-0.05, 0) is 18.6 Å². The van der Waals surface area contributed by atoms with Crippen molar-refractivity contribution in [2.45, 2.75) is 18.7 Å². The summed E-state index contributed by atoms with van der Waals surface area (Å²) in [5, 5.41) is 18.7. The second-order valence-corrected chi connectivity index (χ2v) is 7.60. The van der Waals surface area contributed by atoms with Gasteiger partial charge < -0.3 is 24.0 Å². The van der Waals surface area contributed by atoms with Gasteiger partial charge in [0.05, 0.1) is 24.9 Å². The number of hydrogen-bond donors (Lipinski definition) is 1. The summed E-state index contributed by atoms with van der Waals surface area (Å²) in [7, 11) is 1.70. The van der Waals surface area contributed by atoms with Gasteiger partial charge in [0.2, 0.25) is 11.7 Å². The number of amides is 1. The number of nitrogens with zero attached hydrogens (tertiary/aromatic N) is 6. The standard InChI is InChI=1S/C21H19F3N6O4/c1-29-4-3-14-17(27-16(9-25)28-18(14)29)12-8-15(21(22,23)24)19(26-10-12)34-7-6-33-13-2-5-30(11-13)20(31)32/h3-4,8,10,13H,2,5-7,11H2,1H3,(H,31,32)/t13-/m1/s1. The lowest BCUT2D eigenvalue weighted by Crippen LogP contribution is -2.29. The average molecular weight is 476 g/mol. The van der Waals surface area contributed by atoms with Crippen molar-refractivity contribution < 1.29 is 32.5 Å². The minimum absolute atomic E-state index is 0.0269. The maximum Gasteiger partial charge on any atom is 0.421 e. The molecule has 10 nitrogen and oxygen atoms in total. The summed E-state index contributed by atoms with van der Waals surface area (Å²) in [6.07, 6.45) is -2.77. The van der Waals surface area contributed by atoms with E-state index in [-0.39, 0.29) is 42.9 Å². The highest BCUT2D eigenvalue weighted by atomic mass is 19.4. The Morgan fingerprint density at radius 1 is 1.35 bits per heavy atom. The van der Waals surface area contributed by atoms with Gasteiger partial charge in [0.15, 0.2) is 0 Å². The van der Waals surface area contributed by atoms with Crippen LogP contribution < -0.4 is 4.74 Å². The number of aryl methyl sites for hydroxylation is 1. The van der Waals surface area contributed by atoms with E-state index in [0.717, 1.165) is 6.07 Å². The Morgan fingerprint density at radius 2 is 2.15 bits per heavy atom. The first-order valence-electron chi connectivity index (χ1n) is 10.2. The van der Waals surface area contributed by atoms with Crippen molar-refractivity contribution in [3.05, 3.63) is 35.9 Å². The van der Waals surface area contributed by atoms with Crippen molar-refractivity contribution in [2.24, 2.45) is 7.05 Å². The van der Waals surface area contributed by atoms with E-state index in [9.17, 15) is 23.2 Å². The fourth-order valence-corrected chi connectivity index (χ4v) is 3.70. The van der Waals surface area contributed by atoms with Crippen LogP contribution in [0.25, 0.3) is 22.3 Å². The Hall–Kier alpha value is -3.92. The van der Waals surface area contributed by atoms with Crippen molar-refractivity contribution in [3.63, 3.8) is 0 Å². The molecule has 0 saturated carbocycles. The van der Waals surface area contributed by atoms with Crippen LogP contribution in [0.5, 0.6) is 5.88 Å². The van der Waals surface area contributed by atoms with Gasteiger partial charge in [0, 0.05) is 36.9 Å². The van der Waals surface area contributed by atoms with E-state index in [0.29, 0.717) is 24.0 Å². The molecule has 0 bridgehead atoms. The Balaban J connectivity index is 1.53. The number of pyridine rings is 1. The highest BCUT2D eigenvalue weighted by Gasteiger charge is 2.36. The monoisotopic (exact) mass is 476 g/mol. The highest BCUT2D eigenvalue weighted by Crippen LogP contribution is 2.38. The number of ether oxygens (including phenoxy) is 2. The zero-order chi connectivity index (χ0) is 24.5. The van der Waals surface area contributed by atoms with Crippen LogP contribution in [-0.2, 0) is 18.0 Å².